The number of ether oxygens (including phenoxy) is 13. The lowest BCUT2D eigenvalue weighted by Crippen LogP contribution is -2.70. The zero-order chi connectivity index (χ0) is 61.9. The molecule has 0 saturated carbocycles. The van der Waals surface area contributed by atoms with Gasteiger partial charge in [-0.3, -0.25) is 9.59 Å². The van der Waals surface area contributed by atoms with Crippen molar-refractivity contribution in [1.82, 2.24) is 10.6 Å². The van der Waals surface area contributed by atoms with E-state index in [-0.39, 0.29) is 0 Å². The smallest absolute Gasteiger partial charge is 0.217 e. The Morgan fingerprint density at radius 2 is 0.619 bits per heavy atom. The Bertz CT molecular complexity index is 2060. The van der Waals surface area contributed by atoms with Crippen LogP contribution < -0.4 is 10.6 Å². The molecule has 7 heterocycles. The van der Waals surface area contributed by atoms with E-state index >= 15 is 0 Å². The molecular weight excluding hydrogens is 1150 g/mol. The second-order valence-electron chi connectivity index (χ2n) is 21.4. The van der Waals surface area contributed by atoms with Crippen LogP contribution in [0, 0.1) is 0 Å². The first kappa shape index (κ1) is 69.1. The summed E-state index contributed by atoms with van der Waals surface area (Å²) in [5.74, 6) is -1.41. The van der Waals surface area contributed by atoms with Gasteiger partial charge in [0, 0.05) is 13.8 Å². The van der Waals surface area contributed by atoms with E-state index in [9.17, 15) is 112 Å². The third-order valence-corrected chi connectivity index (χ3v) is 15.6. The molecule has 84 heavy (non-hydrogen) atoms. The third kappa shape index (κ3) is 14.9. The lowest BCUT2D eigenvalue weighted by atomic mass is 9.92. The molecule has 37 heteroatoms. The molecule has 488 valence electrons. The minimum atomic E-state index is -2.32. The van der Waals surface area contributed by atoms with Crippen LogP contribution in [0.4, 0.5) is 0 Å². The number of amides is 2. The van der Waals surface area contributed by atoms with Gasteiger partial charge in [-0.2, -0.15) is 0 Å². The molecule has 7 saturated heterocycles. The lowest BCUT2D eigenvalue weighted by Gasteiger charge is -2.50. The second kappa shape index (κ2) is 30.0. The van der Waals surface area contributed by atoms with Crippen molar-refractivity contribution < 1.29 is 173 Å². The van der Waals surface area contributed by atoms with Crippen molar-refractivity contribution >= 4 is 11.8 Å². The number of aliphatic hydroxyl groups excluding tert-OH is 20. The fourth-order valence-electron chi connectivity index (χ4n) is 10.8. The fourth-order valence-corrected chi connectivity index (χ4v) is 10.8. The van der Waals surface area contributed by atoms with Gasteiger partial charge in [-0.25, -0.2) is 0 Å². The molecule has 22 N–H and O–H groups in total. The number of hydrogen-bond acceptors (Lipinski definition) is 35. The summed E-state index contributed by atoms with van der Waals surface area (Å²) < 4.78 is 75.1. The summed E-state index contributed by atoms with van der Waals surface area (Å²) in [5.41, 5.74) is 0. The maximum absolute atomic E-state index is 12.7. The first-order chi connectivity index (χ1) is 39.7. The number of carbonyl (C=O) groups excluding carboxylic acids is 2. The van der Waals surface area contributed by atoms with Crippen LogP contribution in [-0.2, 0) is 71.2 Å². The minimum absolute atomic E-state index is 0.578. The van der Waals surface area contributed by atoms with Crippen molar-refractivity contribution in [2.45, 2.75) is 235 Å². The standard InChI is InChI=1S/C47H80N2O35/c1-11-21(48-12(2)55)28(62)38(17(7-53)74-11)81-42-22(49-13(3)56)29(63)39(18(8-54)78-42)82-47-37(71)41(84-46-35(69)32(66)25(59)16(6-52)77-46)27(61)20(80-47)10-73-44-36(70)40(83-45-34(68)31(65)24(58)15(5-51)76-45)26(60)19(79-44)9-72-43-33(67)30(64)23(57)14(4-50)75-43/h11,14-47,50-54,57-71H,4-10H2,1-3H3,(H,48,55)(H,49,56)/t11-,14?,15?,16?,17?,18?,19?,20?,21?,22?,23+,24-,25-,26+,27+,28+,29+,30-,31?,32?,33?,34-,35-,36?,37?,38+,39+,40-,41-,42-,43-,44-,45-,46-,47-/m0/s1. The van der Waals surface area contributed by atoms with Gasteiger partial charge in [-0.05, 0) is 6.92 Å². The Kier molecular flexibility index (Phi) is 24.6. The normalized spacial score (nSPS) is 50.3. The summed E-state index contributed by atoms with van der Waals surface area (Å²) in [6.07, 6.45) is -62.9. The van der Waals surface area contributed by atoms with Gasteiger partial charge in [0.05, 0.1) is 58.4 Å². The van der Waals surface area contributed by atoms with E-state index in [0.717, 1.165) is 13.8 Å². The summed E-state index contributed by atoms with van der Waals surface area (Å²) in [5, 5.41) is 221. The van der Waals surface area contributed by atoms with E-state index in [0.29, 0.717) is 0 Å². The average Bonchev–Trinajstić information content (AvgIpc) is 1.63. The highest BCUT2D eigenvalue weighted by Crippen LogP contribution is 2.37. The van der Waals surface area contributed by atoms with E-state index in [1.165, 1.54) is 6.92 Å². The second-order valence-corrected chi connectivity index (χ2v) is 21.4. The predicted octanol–water partition coefficient (Wildman–Crippen LogP) is -14.9. The van der Waals surface area contributed by atoms with Crippen LogP contribution in [-0.4, -0.2) is 375 Å². The van der Waals surface area contributed by atoms with Gasteiger partial charge < -0.3 is 174 Å². The summed E-state index contributed by atoms with van der Waals surface area (Å²) in [7, 11) is 0. The van der Waals surface area contributed by atoms with Gasteiger partial charge >= 0.3 is 0 Å². The molecule has 0 aliphatic carbocycles. The van der Waals surface area contributed by atoms with Crippen molar-refractivity contribution in [3.8, 4) is 0 Å². The Labute approximate surface area is 476 Å². The molecule has 7 rings (SSSR count). The molecule has 37 nitrogen and oxygen atoms in total. The predicted molar refractivity (Wildman–Crippen MR) is 258 cm³/mol. The van der Waals surface area contributed by atoms with Crippen LogP contribution in [0.1, 0.15) is 20.8 Å². The monoisotopic (exact) mass is 1230 g/mol. The zero-order valence-electron chi connectivity index (χ0n) is 45.2. The summed E-state index contributed by atoms with van der Waals surface area (Å²) in [6.45, 7) is -2.89. The van der Waals surface area contributed by atoms with Crippen LogP contribution in [0.5, 0.6) is 0 Å². The Hall–Kier alpha value is -2.38. The van der Waals surface area contributed by atoms with Crippen molar-refractivity contribution in [2.24, 2.45) is 0 Å². The van der Waals surface area contributed by atoms with Gasteiger partial charge in [0.15, 0.2) is 37.7 Å². The molecule has 0 bridgehead atoms. The summed E-state index contributed by atoms with van der Waals surface area (Å²) in [6, 6.07) is -2.86. The largest absolute Gasteiger partial charge is 0.394 e. The van der Waals surface area contributed by atoms with Gasteiger partial charge in [-0.1, -0.05) is 0 Å². The SMILES string of the molecule is CC(=O)NC1[C@H](O[C@@H]2C(CO)O[C@@H](C)C(NC(C)=O)[C@H]2O)OC(CO)[C@@H](O[C@@H]2OC(CO[C@H]3OC(CO[C@H]4OC(CO)[C@@H](O)[C@H](O)C4O)[C@@H](O)[C@H](O[C@@H]4OC(CO)[C@H](O)C(O)[C@@H]4O)C3O)[C@@H](O)[C@H](O[C@@H]3OC(CO)[C@H](O)C(O)[C@@H]3O)C2O)[C@@H]1O. The molecule has 2 amide bonds. The van der Waals surface area contributed by atoms with Crippen molar-refractivity contribution in [3.05, 3.63) is 0 Å². The highest BCUT2D eigenvalue weighted by atomic mass is 16.8. The summed E-state index contributed by atoms with van der Waals surface area (Å²) in [4.78, 5) is 24.8. The van der Waals surface area contributed by atoms with Gasteiger partial charge in [-0.15, -0.1) is 0 Å². The maximum atomic E-state index is 12.7. The fraction of sp³-hybridized carbons (Fsp3) is 0.957. The number of rotatable bonds is 21. The van der Waals surface area contributed by atoms with Gasteiger partial charge in [0.25, 0.3) is 0 Å². The number of aliphatic hydroxyl groups is 20. The molecule has 7 aliphatic rings. The van der Waals surface area contributed by atoms with E-state index in [2.05, 4.69) is 10.6 Å². The molecule has 7 aliphatic heterocycles. The van der Waals surface area contributed by atoms with E-state index < -0.39 is 273 Å². The van der Waals surface area contributed by atoms with E-state index in [1.54, 1.807) is 0 Å². The van der Waals surface area contributed by atoms with Crippen LogP contribution in [0.3, 0.4) is 0 Å². The highest BCUT2D eigenvalue weighted by Gasteiger charge is 2.58. The van der Waals surface area contributed by atoms with Crippen LogP contribution in [0.15, 0.2) is 0 Å². The van der Waals surface area contributed by atoms with Crippen LogP contribution in [0.25, 0.3) is 0 Å². The molecular formula is C47H80N2O35. The molecule has 0 spiro atoms. The topological polar surface area (TPSA) is 583 Å². The molecule has 7 fully saturated rings. The van der Waals surface area contributed by atoms with Crippen molar-refractivity contribution in [3.63, 3.8) is 0 Å². The maximum Gasteiger partial charge on any atom is 0.217 e. The first-order valence-electron chi connectivity index (χ1n) is 26.9. The quantitative estimate of drug-likeness (QED) is 0.0507. The average molecular weight is 1230 g/mol. The number of carbonyl (C=O) groups is 2. The van der Waals surface area contributed by atoms with Gasteiger partial charge in [0.2, 0.25) is 11.8 Å². The molecule has 35 atom stereocenters. The van der Waals surface area contributed by atoms with E-state index in [1.807, 2.05) is 0 Å². The van der Waals surface area contributed by atoms with Crippen molar-refractivity contribution in [1.29, 1.82) is 0 Å². The molecule has 0 aromatic rings. The number of hydrogen-bond donors (Lipinski definition) is 22. The molecule has 0 aromatic carbocycles. The Morgan fingerprint density at radius 3 is 1.05 bits per heavy atom. The molecule has 0 radical (unpaired) electrons. The molecule has 14 unspecified atom stereocenters. The lowest BCUT2D eigenvalue weighted by molar-refractivity contribution is -0.387. The first-order valence-corrected chi connectivity index (χ1v) is 26.9. The van der Waals surface area contributed by atoms with E-state index in [4.69, 9.17) is 61.6 Å². The van der Waals surface area contributed by atoms with Crippen LogP contribution >= 0.6 is 0 Å². The Balaban J connectivity index is 1.17. The Morgan fingerprint density at radius 1 is 0.321 bits per heavy atom. The zero-order valence-corrected chi connectivity index (χ0v) is 45.2. The van der Waals surface area contributed by atoms with Crippen LogP contribution in [0.2, 0.25) is 0 Å². The van der Waals surface area contributed by atoms with Gasteiger partial charge in [0.1, 0.15) is 165 Å². The summed E-state index contributed by atoms with van der Waals surface area (Å²) >= 11 is 0. The molecule has 0 aromatic heterocycles. The number of nitrogens with one attached hydrogen (secondary N) is 2. The van der Waals surface area contributed by atoms with Crippen molar-refractivity contribution in [2.75, 3.05) is 46.2 Å². The minimum Gasteiger partial charge on any atom is -0.394 e. The third-order valence-electron chi connectivity index (χ3n) is 15.6. The highest BCUT2D eigenvalue weighted by molar-refractivity contribution is 5.73.